The molecule has 0 spiro atoms. The largest absolute Gasteiger partial charge is 0.497 e. The van der Waals surface area contributed by atoms with Crippen molar-refractivity contribution in [3.8, 4) is 5.75 Å². The number of ether oxygens (including phenoxy) is 1. The smallest absolute Gasteiger partial charge is 0.118 e. The Morgan fingerprint density at radius 2 is 2.08 bits per heavy atom. The van der Waals surface area contributed by atoms with E-state index in [1.807, 2.05) is 24.3 Å². The second-order valence-corrected chi connectivity index (χ2v) is 2.95. The third-order valence-electron chi connectivity index (χ3n) is 1.93. The van der Waals surface area contributed by atoms with Crippen molar-refractivity contribution in [3.05, 3.63) is 42.5 Å². The molecule has 0 aliphatic heterocycles. The van der Waals surface area contributed by atoms with Crippen LogP contribution in [0.3, 0.4) is 0 Å². The Morgan fingerprint density at radius 3 is 2.54 bits per heavy atom. The molecule has 0 aromatic heterocycles. The quantitative estimate of drug-likeness (QED) is 0.711. The summed E-state index contributed by atoms with van der Waals surface area (Å²) in [5.41, 5.74) is 6.93. The van der Waals surface area contributed by atoms with Crippen LogP contribution in [0.4, 0.5) is 0 Å². The molecule has 70 valence electrons. The monoisotopic (exact) mass is 177 g/mol. The Balaban J connectivity index is 2.63. The predicted octanol–water partition coefficient (Wildman–Crippen LogP) is 1.75. The maximum atomic E-state index is 5.73. The van der Waals surface area contributed by atoms with E-state index in [1.165, 1.54) is 5.56 Å². The van der Waals surface area contributed by atoms with E-state index in [0.29, 0.717) is 0 Å². The highest BCUT2D eigenvalue weighted by Crippen LogP contribution is 2.12. The van der Waals surface area contributed by atoms with Gasteiger partial charge in [-0.25, -0.2) is 0 Å². The Kier molecular flexibility index (Phi) is 3.53. The minimum atomic E-state index is 0.0356. The van der Waals surface area contributed by atoms with Gasteiger partial charge >= 0.3 is 0 Å². The van der Waals surface area contributed by atoms with Crippen molar-refractivity contribution in [2.24, 2.45) is 5.73 Å². The van der Waals surface area contributed by atoms with E-state index in [0.717, 1.165) is 12.2 Å². The fourth-order valence-electron chi connectivity index (χ4n) is 1.12. The Labute approximate surface area is 79.0 Å². The topological polar surface area (TPSA) is 35.2 Å². The SMILES string of the molecule is C=C[C@@H](N)Cc1ccc(OC)cc1. The first-order valence-corrected chi connectivity index (χ1v) is 4.27. The summed E-state index contributed by atoms with van der Waals surface area (Å²) in [7, 11) is 1.66. The summed E-state index contributed by atoms with van der Waals surface area (Å²) in [6.07, 6.45) is 2.58. The summed E-state index contributed by atoms with van der Waals surface area (Å²) >= 11 is 0. The van der Waals surface area contributed by atoms with Crippen molar-refractivity contribution >= 4 is 0 Å². The summed E-state index contributed by atoms with van der Waals surface area (Å²) in [6, 6.07) is 7.94. The van der Waals surface area contributed by atoms with Crippen molar-refractivity contribution in [1.29, 1.82) is 0 Å². The van der Waals surface area contributed by atoms with Gasteiger partial charge in [-0.3, -0.25) is 0 Å². The van der Waals surface area contributed by atoms with E-state index in [9.17, 15) is 0 Å². The van der Waals surface area contributed by atoms with Crippen LogP contribution in [0.5, 0.6) is 5.75 Å². The lowest BCUT2D eigenvalue weighted by Gasteiger charge is -2.06. The molecule has 2 nitrogen and oxygen atoms in total. The van der Waals surface area contributed by atoms with Crippen molar-refractivity contribution in [2.45, 2.75) is 12.5 Å². The fraction of sp³-hybridized carbons (Fsp3) is 0.273. The first-order valence-electron chi connectivity index (χ1n) is 4.27. The van der Waals surface area contributed by atoms with E-state index in [1.54, 1.807) is 13.2 Å². The molecule has 0 heterocycles. The van der Waals surface area contributed by atoms with E-state index in [-0.39, 0.29) is 6.04 Å². The van der Waals surface area contributed by atoms with Crippen LogP contribution in [0, 0.1) is 0 Å². The van der Waals surface area contributed by atoms with E-state index in [2.05, 4.69) is 6.58 Å². The van der Waals surface area contributed by atoms with Gasteiger partial charge in [0.25, 0.3) is 0 Å². The molecule has 0 fully saturated rings. The second-order valence-electron chi connectivity index (χ2n) is 2.95. The van der Waals surface area contributed by atoms with Gasteiger partial charge in [-0.2, -0.15) is 0 Å². The van der Waals surface area contributed by atoms with Crippen molar-refractivity contribution < 1.29 is 4.74 Å². The van der Waals surface area contributed by atoms with Gasteiger partial charge in [0.2, 0.25) is 0 Å². The molecular formula is C11H15NO. The molecule has 2 N–H and O–H groups in total. The molecule has 1 atom stereocenters. The zero-order chi connectivity index (χ0) is 9.68. The molecule has 1 aromatic rings. The summed E-state index contributed by atoms with van der Waals surface area (Å²) in [4.78, 5) is 0. The highest BCUT2D eigenvalue weighted by Gasteiger charge is 1.99. The lowest BCUT2D eigenvalue weighted by Crippen LogP contribution is -2.19. The molecule has 2 heteroatoms. The van der Waals surface area contributed by atoms with Crippen LogP contribution in [0.2, 0.25) is 0 Å². The van der Waals surface area contributed by atoms with Crippen LogP contribution in [-0.2, 0) is 6.42 Å². The van der Waals surface area contributed by atoms with Crippen LogP contribution in [-0.4, -0.2) is 13.2 Å². The summed E-state index contributed by atoms with van der Waals surface area (Å²) < 4.78 is 5.05. The number of methoxy groups -OCH3 is 1. The van der Waals surface area contributed by atoms with E-state index in [4.69, 9.17) is 10.5 Å². The number of benzene rings is 1. The minimum Gasteiger partial charge on any atom is -0.497 e. The average Bonchev–Trinajstić information content (AvgIpc) is 2.19. The Bertz CT molecular complexity index is 266. The van der Waals surface area contributed by atoms with Crippen LogP contribution in [0.15, 0.2) is 36.9 Å². The number of hydrogen-bond donors (Lipinski definition) is 1. The number of nitrogens with two attached hydrogens (primary N) is 1. The first-order chi connectivity index (χ1) is 6.26. The molecule has 0 aliphatic carbocycles. The molecule has 13 heavy (non-hydrogen) atoms. The van der Waals surface area contributed by atoms with Crippen molar-refractivity contribution in [2.75, 3.05) is 7.11 Å². The highest BCUT2D eigenvalue weighted by molar-refractivity contribution is 5.27. The van der Waals surface area contributed by atoms with Crippen LogP contribution in [0.1, 0.15) is 5.56 Å². The molecular weight excluding hydrogens is 162 g/mol. The lowest BCUT2D eigenvalue weighted by atomic mass is 10.1. The Hall–Kier alpha value is -1.28. The van der Waals surface area contributed by atoms with Gasteiger partial charge in [-0.05, 0) is 24.1 Å². The molecule has 0 bridgehead atoms. The zero-order valence-corrected chi connectivity index (χ0v) is 7.86. The number of rotatable bonds is 4. The normalized spacial score (nSPS) is 12.2. The minimum absolute atomic E-state index is 0.0356. The van der Waals surface area contributed by atoms with E-state index < -0.39 is 0 Å². The molecule has 0 unspecified atom stereocenters. The van der Waals surface area contributed by atoms with Crippen molar-refractivity contribution in [1.82, 2.24) is 0 Å². The maximum absolute atomic E-state index is 5.73. The van der Waals surface area contributed by atoms with Crippen molar-refractivity contribution in [3.63, 3.8) is 0 Å². The van der Waals surface area contributed by atoms with Gasteiger partial charge in [-0.15, -0.1) is 6.58 Å². The van der Waals surface area contributed by atoms with Crippen LogP contribution >= 0.6 is 0 Å². The van der Waals surface area contributed by atoms with Gasteiger partial charge in [0.15, 0.2) is 0 Å². The zero-order valence-electron chi connectivity index (χ0n) is 7.86. The standard InChI is InChI=1S/C11H15NO/c1-3-10(12)8-9-4-6-11(13-2)7-5-9/h3-7,10H,1,8,12H2,2H3/t10-/m1/s1. The van der Waals surface area contributed by atoms with Gasteiger partial charge < -0.3 is 10.5 Å². The highest BCUT2D eigenvalue weighted by atomic mass is 16.5. The summed E-state index contributed by atoms with van der Waals surface area (Å²) in [5, 5.41) is 0. The van der Waals surface area contributed by atoms with Gasteiger partial charge in [0, 0.05) is 6.04 Å². The lowest BCUT2D eigenvalue weighted by molar-refractivity contribution is 0.414. The molecule has 0 saturated heterocycles. The molecule has 1 rings (SSSR count). The predicted molar refractivity (Wildman–Crippen MR) is 54.9 cm³/mol. The van der Waals surface area contributed by atoms with E-state index >= 15 is 0 Å². The summed E-state index contributed by atoms with van der Waals surface area (Å²) in [6.45, 7) is 3.64. The second kappa shape index (κ2) is 4.67. The molecule has 0 amide bonds. The molecule has 0 radical (unpaired) electrons. The third kappa shape index (κ3) is 2.92. The van der Waals surface area contributed by atoms with Crippen LogP contribution in [0.25, 0.3) is 0 Å². The molecule has 1 aromatic carbocycles. The van der Waals surface area contributed by atoms with Gasteiger partial charge in [0.1, 0.15) is 5.75 Å². The van der Waals surface area contributed by atoms with Gasteiger partial charge in [-0.1, -0.05) is 18.2 Å². The molecule has 0 aliphatic rings. The fourth-order valence-corrected chi connectivity index (χ4v) is 1.12. The van der Waals surface area contributed by atoms with Gasteiger partial charge in [0.05, 0.1) is 7.11 Å². The maximum Gasteiger partial charge on any atom is 0.118 e. The Morgan fingerprint density at radius 1 is 1.46 bits per heavy atom. The average molecular weight is 177 g/mol. The summed E-state index contributed by atoms with van der Waals surface area (Å²) in [5.74, 6) is 0.871. The first kappa shape index (κ1) is 9.81. The van der Waals surface area contributed by atoms with Crippen LogP contribution < -0.4 is 10.5 Å². The number of hydrogen-bond acceptors (Lipinski definition) is 2. The molecule has 0 saturated carbocycles. The third-order valence-corrected chi connectivity index (χ3v) is 1.93.